The number of nitrogens with one attached hydrogen (secondary N) is 1. The zero-order chi connectivity index (χ0) is 11.1. The van der Waals surface area contributed by atoms with Crippen molar-refractivity contribution in [2.45, 2.75) is 19.8 Å². The van der Waals surface area contributed by atoms with Crippen LogP contribution >= 0.6 is 0 Å². The van der Waals surface area contributed by atoms with Crippen LogP contribution in [-0.2, 0) is 14.3 Å². The van der Waals surface area contributed by atoms with Crippen LogP contribution in [-0.4, -0.2) is 39.4 Å². The van der Waals surface area contributed by atoms with E-state index in [0.717, 1.165) is 25.7 Å². The number of carbonyl (C=O) groups excluding carboxylic acids is 1. The Morgan fingerprint density at radius 2 is 2.27 bits per heavy atom. The highest BCUT2D eigenvalue weighted by atomic mass is 16.5. The van der Waals surface area contributed by atoms with E-state index >= 15 is 0 Å². The summed E-state index contributed by atoms with van der Waals surface area (Å²) in [4.78, 5) is 11.0. The quantitative estimate of drug-likeness (QED) is 0.481. The molecule has 1 atom stereocenters. The zero-order valence-corrected chi connectivity index (χ0v) is 9.62. The van der Waals surface area contributed by atoms with E-state index in [1.165, 1.54) is 20.0 Å². The number of methoxy groups -OCH3 is 1. The molecule has 0 aromatic heterocycles. The number of ether oxygens (including phenoxy) is 2. The largest absolute Gasteiger partial charge is 0.469 e. The summed E-state index contributed by atoms with van der Waals surface area (Å²) < 4.78 is 10.1. The Morgan fingerprint density at radius 1 is 1.53 bits per heavy atom. The molecule has 1 saturated carbocycles. The Bertz CT molecular complexity index is 192. The lowest BCUT2D eigenvalue weighted by atomic mass is 10.2. The van der Waals surface area contributed by atoms with Crippen LogP contribution in [0, 0.1) is 11.8 Å². The Balaban J connectivity index is 1.84. The van der Waals surface area contributed by atoms with Gasteiger partial charge in [-0.2, -0.15) is 0 Å². The summed E-state index contributed by atoms with van der Waals surface area (Å²) >= 11 is 0. The van der Waals surface area contributed by atoms with Gasteiger partial charge in [-0.3, -0.25) is 4.79 Å². The van der Waals surface area contributed by atoms with Crippen LogP contribution in [0.3, 0.4) is 0 Å². The third kappa shape index (κ3) is 5.74. The van der Waals surface area contributed by atoms with E-state index in [1.807, 2.05) is 6.92 Å². The summed E-state index contributed by atoms with van der Waals surface area (Å²) in [6, 6.07) is 0. The predicted molar refractivity (Wildman–Crippen MR) is 57.6 cm³/mol. The molecule has 1 aliphatic carbocycles. The highest BCUT2D eigenvalue weighted by Gasteiger charge is 2.20. The van der Waals surface area contributed by atoms with E-state index in [4.69, 9.17) is 4.74 Å². The molecule has 0 aromatic rings. The van der Waals surface area contributed by atoms with Crippen LogP contribution in [0.2, 0.25) is 0 Å². The number of hydrogen-bond donors (Lipinski definition) is 1. The molecule has 88 valence electrons. The number of hydrogen-bond acceptors (Lipinski definition) is 4. The first kappa shape index (κ1) is 12.5. The molecule has 0 heterocycles. The third-order valence-electron chi connectivity index (χ3n) is 2.53. The highest BCUT2D eigenvalue weighted by molar-refractivity contribution is 5.71. The minimum absolute atomic E-state index is 0.0848. The van der Waals surface area contributed by atoms with E-state index in [-0.39, 0.29) is 11.9 Å². The van der Waals surface area contributed by atoms with Crippen LogP contribution in [0.5, 0.6) is 0 Å². The van der Waals surface area contributed by atoms with E-state index in [1.54, 1.807) is 0 Å². The molecule has 4 heteroatoms. The molecule has 0 radical (unpaired) electrons. The first-order valence-electron chi connectivity index (χ1n) is 5.60. The topological polar surface area (TPSA) is 47.6 Å². The molecule has 0 aromatic carbocycles. The van der Waals surface area contributed by atoms with Crippen molar-refractivity contribution >= 4 is 5.97 Å². The lowest BCUT2D eigenvalue weighted by Gasteiger charge is -2.10. The minimum Gasteiger partial charge on any atom is -0.469 e. The molecule has 0 amide bonds. The Hall–Kier alpha value is -0.610. The van der Waals surface area contributed by atoms with Gasteiger partial charge >= 0.3 is 5.97 Å². The SMILES string of the molecule is COC(=O)C(C)CNCCOCC1CC1. The maximum Gasteiger partial charge on any atom is 0.309 e. The second kappa shape index (κ2) is 6.80. The molecule has 0 spiro atoms. The van der Waals surface area contributed by atoms with Crippen LogP contribution in [0.4, 0.5) is 0 Å². The molecule has 4 nitrogen and oxygen atoms in total. The summed E-state index contributed by atoms with van der Waals surface area (Å²) in [7, 11) is 1.41. The fraction of sp³-hybridized carbons (Fsp3) is 0.909. The maximum atomic E-state index is 11.0. The van der Waals surface area contributed by atoms with Crippen molar-refractivity contribution in [3.8, 4) is 0 Å². The molecule has 15 heavy (non-hydrogen) atoms. The molecular formula is C11H21NO3. The second-order valence-corrected chi connectivity index (χ2v) is 4.15. The van der Waals surface area contributed by atoms with Crippen LogP contribution < -0.4 is 5.32 Å². The molecule has 0 saturated heterocycles. The van der Waals surface area contributed by atoms with Gasteiger partial charge in [0.1, 0.15) is 0 Å². The lowest BCUT2D eigenvalue weighted by Crippen LogP contribution is -2.29. The molecule has 0 aliphatic heterocycles. The fourth-order valence-electron chi connectivity index (χ4n) is 1.28. The summed E-state index contributed by atoms with van der Waals surface area (Å²) in [5.41, 5.74) is 0. The first-order chi connectivity index (χ1) is 7.24. The van der Waals surface area contributed by atoms with Crippen molar-refractivity contribution in [1.82, 2.24) is 5.32 Å². The lowest BCUT2D eigenvalue weighted by molar-refractivity contribution is -0.144. The minimum atomic E-state index is -0.165. The molecular weight excluding hydrogens is 194 g/mol. The van der Waals surface area contributed by atoms with Gasteiger partial charge in [-0.05, 0) is 18.8 Å². The van der Waals surface area contributed by atoms with E-state index in [9.17, 15) is 4.79 Å². The van der Waals surface area contributed by atoms with E-state index in [2.05, 4.69) is 10.1 Å². The average Bonchev–Trinajstić information content (AvgIpc) is 3.05. The number of carbonyl (C=O) groups is 1. The molecule has 1 fully saturated rings. The van der Waals surface area contributed by atoms with Crippen LogP contribution in [0.25, 0.3) is 0 Å². The molecule has 1 unspecified atom stereocenters. The maximum absolute atomic E-state index is 11.0. The standard InChI is InChI=1S/C11H21NO3/c1-9(11(13)14-2)7-12-5-6-15-8-10-3-4-10/h9-10,12H,3-8H2,1-2H3. The predicted octanol–water partition coefficient (Wildman–Crippen LogP) is 0.812. The van der Waals surface area contributed by atoms with Gasteiger partial charge in [0.2, 0.25) is 0 Å². The van der Waals surface area contributed by atoms with Gasteiger partial charge in [-0.15, -0.1) is 0 Å². The number of rotatable bonds is 8. The highest BCUT2D eigenvalue weighted by Crippen LogP contribution is 2.28. The second-order valence-electron chi connectivity index (χ2n) is 4.15. The van der Waals surface area contributed by atoms with Gasteiger partial charge in [0.25, 0.3) is 0 Å². The normalized spacial score (nSPS) is 17.5. The van der Waals surface area contributed by atoms with Gasteiger partial charge in [0.05, 0.1) is 19.6 Å². The number of esters is 1. The summed E-state index contributed by atoms with van der Waals surface area (Å²) in [5, 5.41) is 3.17. The first-order valence-corrected chi connectivity index (χ1v) is 5.60. The third-order valence-corrected chi connectivity index (χ3v) is 2.53. The van der Waals surface area contributed by atoms with Gasteiger partial charge in [0, 0.05) is 19.7 Å². The Labute approximate surface area is 91.3 Å². The van der Waals surface area contributed by atoms with Gasteiger partial charge in [-0.25, -0.2) is 0 Å². The monoisotopic (exact) mass is 215 g/mol. The van der Waals surface area contributed by atoms with Crippen molar-refractivity contribution < 1.29 is 14.3 Å². The smallest absolute Gasteiger partial charge is 0.309 e. The van der Waals surface area contributed by atoms with Crippen LogP contribution in [0.15, 0.2) is 0 Å². The molecule has 1 rings (SSSR count). The van der Waals surface area contributed by atoms with Gasteiger partial charge < -0.3 is 14.8 Å². The van der Waals surface area contributed by atoms with Crippen LogP contribution in [0.1, 0.15) is 19.8 Å². The van der Waals surface area contributed by atoms with E-state index in [0.29, 0.717) is 6.54 Å². The van der Waals surface area contributed by atoms with Crippen molar-refractivity contribution in [2.75, 3.05) is 33.4 Å². The fourth-order valence-corrected chi connectivity index (χ4v) is 1.28. The van der Waals surface area contributed by atoms with Crippen molar-refractivity contribution in [1.29, 1.82) is 0 Å². The molecule has 1 aliphatic rings. The van der Waals surface area contributed by atoms with Gasteiger partial charge in [0.15, 0.2) is 0 Å². The summed E-state index contributed by atoms with van der Waals surface area (Å²) in [6.07, 6.45) is 2.65. The van der Waals surface area contributed by atoms with Crippen molar-refractivity contribution in [3.05, 3.63) is 0 Å². The molecule has 0 bridgehead atoms. The van der Waals surface area contributed by atoms with Crippen molar-refractivity contribution in [3.63, 3.8) is 0 Å². The van der Waals surface area contributed by atoms with Crippen molar-refractivity contribution in [2.24, 2.45) is 11.8 Å². The Kier molecular flexibility index (Phi) is 5.65. The average molecular weight is 215 g/mol. The molecule has 1 N–H and O–H groups in total. The van der Waals surface area contributed by atoms with E-state index < -0.39 is 0 Å². The van der Waals surface area contributed by atoms with Gasteiger partial charge in [-0.1, -0.05) is 6.92 Å². The summed E-state index contributed by atoms with van der Waals surface area (Å²) in [6.45, 7) is 4.93. The zero-order valence-electron chi connectivity index (χ0n) is 9.62. The summed E-state index contributed by atoms with van der Waals surface area (Å²) in [5.74, 6) is 0.568. The Morgan fingerprint density at radius 3 is 2.87 bits per heavy atom.